The molecule has 3 aromatic carbocycles. The Kier molecular flexibility index (Phi) is 8.32. The highest BCUT2D eigenvalue weighted by Gasteiger charge is 2.78. The molecule has 224 valence electrons. The highest BCUT2D eigenvalue weighted by atomic mass is 127. The predicted octanol–water partition coefficient (Wildman–Crippen LogP) is 6.59. The van der Waals surface area contributed by atoms with Gasteiger partial charge in [0.05, 0.1) is 26.2 Å². The highest BCUT2D eigenvalue weighted by Crippen LogP contribution is 2.61. The number of aryl methyl sites for hydroxylation is 1. The third-order valence-electron chi connectivity index (χ3n) is 9.28. The van der Waals surface area contributed by atoms with Gasteiger partial charge in [-0.05, 0) is 83.3 Å². The first-order valence-electron chi connectivity index (χ1n) is 14.9. The number of nitrogens with one attached hydrogen (secondary N) is 2. The number of nitrogens with zero attached hydrogens (tertiary/aromatic N) is 1. The number of fused-ring (bicyclic) bond motifs is 5. The molecule has 3 heterocycles. The Bertz CT molecular complexity index is 1510. The number of hydrogen-bond acceptors (Lipinski definition) is 5. The van der Waals surface area contributed by atoms with E-state index in [-0.39, 0.29) is 27.8 Å². The summed E-state index contributed by atoms with van der Waals surface area (Å²) in [6, 6.07) is 23.3. The smallest absolute Gasteiger partial charge is 0.411 e. The van der Waals surface area contributed by atoms with Crippen LogP contribution in [0.25, 0.3) is 11.1 Å². The number of rotatable bonds is 10. The highest BCUT2D eigenvalue weighted by molar-refractivity contribution is 14.1. The molecule has 3 aliphatic rings. The van der Waals surface area contributed by atoms with Crippen LogP contribution in [0.5, 0.6) is 0 Å². The lowest BCUT2D eigenvalue weighted by Crippen LogP contribution is -2.65. The average Bonchev–Trinajstić information content (AvgIpc) is 3.78. The number of aldehydes is 1. The summed E-state index contributed by atoms with van der Waals surface area (Å²) < 4.78 is 12.8. The fourth-order valence-electron chi connectivity index (χ4n) is 6.75. The number of carbonyl (C=O) groups excluding carboxylic acids is 3. The van der Waals surface area contributed by atoms with Crippen LogP contribution in [0.15, 0.2) is 72.8 Å². The minimum atomic E-state index is -0.432. The van der Waals surface area contributed by atoms with Gasteiger partial charge in [0, 0.05) is 29.7 Å². The molecule has 2 bridgehead atoms. The molecule has 0 unspecified atom stereocenters. The molecule has 0 radical (unpaired) electrons. The molecule has 9 heteroatoms. The van der Waals surface area contributed by atoms with Crippen molar-refractivity contribution in [1.29, 1.82) is 0 Å². The van der Waals surface area contributed by atoms with Crippen LogP contribution in [0.1, 0.15) is 48.0 Å². The van der Waals surface area contributed by atoms with Crippen LogP contribution in [-0.2, 0) is 20.7 Å². The number of unbranched alkanes of at least 4 members (excludes halogenated alkanes) is 1. The van der Waals surface area contributed by atoms with E-state index in [0.29, 0.717) is 23.7 Å². The molecule has 43 heavy (non-hydrogen) atoms. The minimum Gasteiger partial charge on any atom is -0.445 e. The fraction of sp³-hybridized carbons (Fsp3) is 0.382. The molecular weight excluding hydrogens is 657 g/mol. The normalized spacial score (nSPS) is 26.2. The molecule has 0 saturated carbocycles. The van der Waals surface area contributed by atoms with Crippen LogP contribution >= 0.6 is 22.6 Å². The van der Waals surface area contributed by atoms with Gasteiger partial charge in [0.25, 0.3) is 0 Å². The number of carbonyl (C=O) groups is 3. The fourth-order valence-corrected chi connectivity index (χ4v) is 8.10. The van der Waals surface area contributed by atoms with E-state index in [9.17, 15) is 14.4 Å². The van der Waals surface area contributed by atoms with E-state index in [4.69, 9.17) is 9.47 Å². The van der Waals surface area contributed by atoms with Crippen molar-refractivity contribution < 1.29 is 28.3 Å². The number of anilines is 2. The Balaban J connectivity index is 1.07. The van der Waals surface area contributed by atoms with Crippen molar-refractivity contribution >= 4 is 52.3 Å². The Morgan fingerprint density at radius 1 is 1.05 bits per heavy atom. The van der Waals surface area contributed by atoms with Gasteiger partial charge in [-0.2, -0.15) is 0 Å². The number of piperidine rings is 1. The third-order valence-corrected chi connectivity index (χ3v) is 11.6. The van der Waals surface area contributed by atoms with Gasteiger partial charge in [-0.25, -0.2) is 4.79 Å². The van der Waals surface area contributed by atoms with E-state index >= 15 is 0 Å². The predicted molar refractivity (Wildman–Crippen MR) is 174 cm³/mol. The Hall–Kier alpha value is -3.28. The van der Waals surface area contributed by atoms with Crippen LogP contribution in [0.2, 0.25) is 0 Å². The number of likely N-dealkylation sites (N-methyl/N-ethyl adjacent to an activating group) is 1. The molecule has 5 atom stereocenters. The van der Waals surface area contributed by atoms with Crippen molar-refractivity contribution in [3.8, 4) is 11.1 Å². The van der Waals surface area contributed by atoms with E-state index in [0.717, 1.165) is 65.3 Å². The molecule has 8 nitrogen and oxygen atoms in total. The van der Waals surface area contributed by atoms with Crippen molar-refractivity contribution in [1.82, 2.24) is 0 Å². The summed E-state index contributed by atoms with van der Waals surface area (Å²) in [5.74, 6) is -0.0566. The van der Waals surface area contributed by atoms with Gasteiger partial charge in [0.1, 0.15) is 24.5 Å². The van der Waals surface area contributed by atoms with Crippen LogP contribution in [-0.4, -0.2) is 64.8 Å². The van der Waals surface area contributed by atoms with E-state index in [2.05, 4.69) is 53.4 Å². The average molecular weight is 695 g/mol. The molecular formula is C34H37IN3O5+. The van der Waals surface area contributed by atoms with Crippen molar-refractivity contribution in [3.63, 3.8) is 0 Å². The van der Waals surface area contributed by atoms with Crippen LogP contribution in [0, 0.1) is 0 Å². The maximum Gasteiger partial charge on any atom is 0.411 e. The number of halogens is 1. The van der Waals surface area contributed by atoms with E-state index in [1.807, 2.05) is 42.5 Å². The number of benzene rings is 3. The molecule has 2 N–H and O–H groups in total. The number of amides is 2. The maximum atomic E-state index is 13.3. The summed E-state index contributed by atoms with van der Waals surface area (Å²) in [6.45, 7) is 0. The number of epoxide rings is 1. The van der Waals surface area contributed by atoms with Gasteiger partial charge < -0.3 is 19.3 Å². The van der Waals surface area contributed by atoms with Crippen LogP contribution < -0.4 is 10.6 Å². The maximum absolute atomic E-state index is 13.3. The summed E-state index contributed by atoms with van der Waals surface area (Å²) in [6.07, 6.45) is 5.01. The summed E-state index contributed by atoms with van der Waals surface area (Å²) in [7, 11) is 4.53. The zero-order valence-electron chi connectivity index (χ0n) is 24.4. The quantitative estimate of drug-likeness (QED) is 0.0476. The number of quaternary nitrogens is 1. The van der Waals surface area contributed by atoms with Crippen molar-refractivity contribution in [3.05, 3.63) is 83.9 Å². The van der Waals surface area contributed by atoms with Gasteiger partial charge >= 0.3 is 6.09 Å². The zero-order chi connectivity index (χ0) is 30.2. The van der Waals surface area contributed by atoms with Crippen LogP contribution in [0.4, 0.5) is 16.2 Å². The Labute approximate surface area is 265 Å². The second kappa shape index (κ2) is 12.0. The molecule has 3 aromatic rings. The third kappa shape index (κ3) is 6.07. The summed E-state index contributed by atoms with van der Waals surface area (Å²) in [5, 5.41) is 5.94. The SMILES string of the molecule is C[N+]1(C)[C@H]2C[C@H](OC(=O)Nc3cc(CCCCC(=O)Nc4ccc(C=O)cc4)ccc3-c3ccccc3)C[C@@]1(I)[C@@H]1O[C@H]12. The monoisotopic (exact) mass is 694 g/mol. The molecule has 2 amide bonds. The Morgan fingerprint density at radius 2 is 1.81 bits per heavy atom. The van der Waals surface area contributed by atoms with Gasteiger partial charge in [0.15, 0.2) is 9.65 Å². The minimum absolute atomic E-state index is 0.0566. The van der Waals surface area contributed by atoms with E-state index in [1.54, 1.807) is 24.3 Å². The lowest BCUT2D eigenvalue weighted by Gasteiger charge is -2.50. The number of ether oxygens (including phenoxy) is 2. The summed E-state index contributed by atoms with van der Waals surface area (Å²) in [5.41, 5.74) is 5.00. The first-order valence-corrected chi connectivity index (χ1v) is 15.9. The molecule has 3 fully saturated rings. The number of hydrogen-bond donors (Lipinski definition) is 2. The van der Waals surface area contributed by atoms with Gasteiger partial charge in [-0.1, -0.05) is 42.5 Å². The topological polar surface area (TPSA) is 97.0 Å². The second-order valence-corrected chi connectivity index (χ2v) is 14.1. The summed E-state index contributed by atoms with van der Waals surface area (Å²) >= 11 is 2.54. The van der Waals surface area contributed by atoms with E-state index in [1.165, 1.54) is 0 Å². The second-order valence-electron chi connectivity index (χ2n) is 12.3. The molecule has 3 aliphatic heterocycles. The Morgan fingerprint density at radius 3 is 2.53 bits per heavy atom. The van der Waals surface area contributed by atoms with Crippen molar-refractivity contribution in [2.45, 2.75) is 66.4 Å². The molecule has 0 aliphatic carbocycles. The lowest BCUT2D eigenvalue weighted by molar-refractivity contribution is -0.943. The summed E-state index contributed by atoms with van der Waals surface area (Å²) in [4.78, 5) is 36.5. The molecule has 0 spiro atoms. The number of morpholine rings is 1. The van der Waals surface area contributed by atoms with Crippen LogP contribution in [0.3, 0.4) is 0 Å². The van der Waals surface area contributed by atoms with Gasteiger partial charge in [0.2, 0.25) is 5.91 Å². The van der Waals surface area contributed by atoms with E-state index < -0.39 is 6.09 Å². The first-order chi connectivity index (χ1) is 20.7. The molecule has 6 rings (SSSR count). The molecule has 0 aromatic heterocycles. The largest absolute Gasteiger partial charge is 0.445 e. The van der Waals surface area contributed by atoms with Gasteiger partial charge in [-0.3, -0.25) is 14.9 Å². The van der Waals surface area contributed by atoms with Crippen molar-refractivity contribution in [2.24, 2.45) is 0 Å². The standard InChI is InChI=1S/C34H36IN3O5/c1-38(2)29-19-26(20-34(38,35)32-31(29)43-32)42-33(41)37-28-18-22(14-17-27(28)24-9-4-3-5-10-24)8-6-7-11-30(40)36-25-15-12-23(21-39)13-16-25/h3-5,9-10,12-18,21,26,29,31-32H,6-8,11,19-20H2,1-2H3,(H-,36,37,39,40,41)/p+1/t26-,29-,31-,32+,34-/m0/s1. The first kappa shape index (κ1) is 29.8. The lowest BCUT2D eigenvalue weighted by atomic mass is 9.96. The molecule has 3 saturated heterocycles. The van der Waals surface area contributed by atoms with Gasteiger partial charge in [-0.15, -0.1) is 0 Å². The number of alkyl halides is 1. The van der Waals surface area contributed by atoms with Crippen molar-refractivity contribution in [2.75, 3.05) is 24.7 Å². The zero-order valence-corrected chi connectivity index (χ0v) is 26.6.